The predicted octanol–water partition coefficient (Wildman–Crippen LogP) is 2.20. The van der Waals surface area contributed by atoms with Crippen LogP contribution in [0.3, 0.4) is 0 Å². The van der Waals surface area contributed by atoms with E-state index in [1.165, 1.54) is 6.92 Å². The molecule has 138 valence electrons. The van der Waals surface area contributed by atoms with Gasteiger partial charge in [0.05, 0.1) is 13.0 Å². The van der Waals surface area contributed by atoms with E-state index in [0.717, 1.165) is 33.8 Å². The molecule has 0 aliphatic carbocycles. The van der Waals surface area contributed by atoms with Crippen molar-refractivity contribution in [1.82, 2.24) is 5.32 Å². The second kappa shape index (κ2) is 8.71. The van der Waals surface area contributed by atoms with Gasteiger partial charge in [0.25, 0.3) is 0 Å². The molecule has 0 aliphatic rings. The third kappa shape index (κ3) is 4.98. The third-order valence-electron chi connectivity index (χ3n) is 4.04. The summed E-state index contributed by atoms with van der Waals surface area (Å²) in [5, 5.41) is 4.40. The number of hydrogen-bond acceptors (Lipinski definition) is 5. The molecule has 0 fully saturated rings. The van der Waals surface area contributed by atoms with Crippen LogP contribution in [0.15, 0.2) is 36.4 Å². The van der Waals surface area contributed by atoms with E-state index in [0.29, 0.717) is 0 Å². The molecule has 0 heterocycles. The topological polar surface area (TPSA) is 98.5 Å². The van der Waals surface area contributed by atoms with Crippen LogP contribution in [0.2, 0.25) is 0 Å². The third-order valence-corrected chi connectivity index (χ3v) is 5.18. The summed E-state index contributed by atoms with van der Waals surface area (Å²) in [7, 11) is 1.62. The van der Waals surface area contributed by atoms with Crippen LogP contribution in [-0.2, 0) is 14.4 Å². The van der Waals surface area contributed by atoms with Crippen molar-refractivity contribution in [3.63, 3.8) is 0 Å². The monoisotopic (exact) mass is 374 g/mol. The molecule has 0 aromatic heterocycles. The molecule has 2 amide bonds. The second-order valence-electron chi connectivity index (χ2n) is 5.98. The molecule has 7 heteroatoms. The molecule has 0 saturated heterocycles. The average Bonchev–Trinajstić information content (AvgIpc) is 2.62. The summed E-state index contributed by atoms with van der Waals surface area (Å²) in [4.78, 5) is 34.9. The number of ether oxygens (including phenoxy) is 1. The highest BCUT2D eigenvalue weighted by atomic mass is 32.2. The number of methoxy groups -OCH3 is 1. The van der Waals surface area contributed by atoms with Gasteiger partial charge in [-0.2, -0.15) is 0 Å². The SMILES string of the molecule is COc1ccc2cc([C@H](C)C(=O)SC[C@H](NC(C)=O)C(N)=O)ccc2c1. The molecule has 2 rings (SSSR count). The summed E-state index contributed by atoms with van der Waals surface area (Å²) < 4.78 is 5.21. The Morgan fingerprint density at radius 3 is 2.42 bits per heavy atom. The number of fused-ring (bicyclic) bond motifs is 1. The smallest absolute Gasteiger partial charge is 0.240 e. The van der Waals surface area contributed by atoms with E-state index in [2.05, 4.69) is 5.32 Å². The first kappa shape index (κ1) is 19.8. The highest BCUT2D eigenvalue weighted by Crippen LogP contribution is 2.28. The molecule has 0 radical (unpaired) electrons. The predicted molar refractivity (Wildman–Crippen MR) is 103 cm³/mol. The van der Waals surface area contributed by atoms with Crippen LogP contribution in [0.4, 0.5) is 0 Å². The first-order valence-electron chi connectivity index (χ1n) is 8.12. The van der Waals surface area contributed by atoms with E-state index >= 15 is 0 Å². The zero-order chi connectivity index (χ0) is 19.3. The van der Waals surface area contributed by atoms with Gasteiger partial charge in [-0.3, -0.25) is 14.4 Å². The van der Waals surface area contributed by atoms with Gasteiger partial charge in [0.2, 0.25) is 11.8 Å². The summed E-state index contributed by atoms with van der Waals surface area (Å²) in [5.74, 6) is -0.478. The van der Waals surface area contributed by atoms with Gasteiger partial charge in [0.15, 0.2) is 5.12 Å². The second-order valence-corrected chi connectivity index (χ2v) is 7.00. The van der Waals surface area contributed by atoms with E-state index in [1.54, 1.807) is 7.11 Å². The Morgan fingerprint density at radius 1 is 1.15 bits per heavy atom. The van der Waals surface area contributed by atoms with Gasteiger partial charge in [-0.15, -0.1) is 0 Å². The van der Waals surface area contributed by atoms with Crippen molar-refractivity contribution < 1.29 is 19.1 Å². The van der Waals surface area contributed by atoms with Gasteiger partial charge in [-0.25, -0.2) is 0 Å². The van der Waals surface area contributed by atoms with Crippen LogP contribution in [0, 0.1) is 0 Å². The van der Waals surface area contributed by atoms with Crippen molar-refractivity contribution >= 4 is 39.5 Å². The Bertz CT molecular complexity index is 837. The van der Waals surface area contributed by atoms with Gasteiger partial charge in [-0.05, 0) is 28.5 Å². The quantitative estimate of drug-likeness (QED) is 0.774. The number of amides is 2. The van der Waals surface area contributed by atoms with Crippen LogP contribution in [0.5, 0.6) is 5.75 Å². The van der Waals surface area contributed by atoms with Gasteiger partial charge in [0.1, 0.15) is 11.8 Å². The fraction of sp³-hybridized carbons (Fsp3) is 0.316. The van der Waals surface area contributed by atoms with Crippen LogP contribution in [-0.4, -0.2) is 35.8 Å². The Kier molecular flexibility index (Phi) is 6.63. The van der Waals surface area contributed by atoms with Crippen LogP contribution >= 0.6 is 11.8 Å². The minimum absolute atomic E-state index is 0.0885. The molecule has 26 heavy (non-hydrogen) atoms. The van der Waals surface area contributed by atoms with Crippen molar-refractivity contribution in [2.24, 2.45) is 5.73 Å². The zero-order valence-corrected chi connectivity index (χ0v) is 15.8. The van der Waals surface area contributed by atoms with E-state index in [4.69, 9.17) is 10.5 Å². The number of thioether (sulfide) groups is 1. The van der Waals surface area contributed by atoms with E-state index in [1.807, 2.05) is 43.3 Å². The first-order chi connectivity index (χ1) is 12.3. The standard InChI is InChI=1S/C19H22N2O4S/c1-11(19(24)26-10-17(18(20)23)21-12(2)22)13-4-5-15-9-16(25-3)7-6-14(15)8-13/h4-9,11,17H,10H2,1-3H3,(H2,20,23)(H,21,22)/t11-,17-/m0/s1. The van der Waals surface area contributed by atoms with E-state index < -0.39 is 11.9 Å². The normalized spacial score (nSPS) is 13.0. The zero-order valence-electron chi connectivity index (χ0n) is 14.9. The Hall–Kier alpha value is -2.54. The molecule has 0 bridgehead atoms. The van der Waals surface area contributed by atoms with E-state index in [9.17, 15) is 14.4 Å². The largest absolute Gasteiger partial charge is 0.497 e. The van der Waals surface area contributed by atoms with Gasteiger partial charge >= 0.3 is 0 Å². The fourth-order valence-electron chi connectivity index (χ4n) is 2.51. The number of primary amides is 1. The van der Waals surface area contributed by atoms with Crippen LogP contribution in [0.25, 0.3) is 10.8 Å². The molecule has 2 atom stereocenters. The molecule has 3 N–H and O–H groups in total. The van der Waals surface area contributed by atoms with Gasteiger partial charge in [-0.1, -0.05) is 43.0 Å². The first-order valence-corrected chi connectivity index (χ1v) is 9.11. The summed E-state index contributed by atoms with van der Waals surface area (Å²) in [6, 6.07) is 10.7. The maximum Gasteiger partial charge on any atom is 0.240 e. The van der Waals surface area contributed by atoms with Crippen LogP contribution < -0.4 is 15.8 Å². The number of rotatable bonds is 7. The fourth-order valence-corrected chi connectivity index (χ4v) is 3.47. The maximum atomic E-state index is 12.5. The summed E-state index contributed by atoms with van der Waals surface area (Å²) in [6.07, 6.45) is 0. The molecule has 0 saturated carbocycles. The van der Waals surface area contributed by atoms with Crippen molar-refractivity contribution in [3.8, 4) is 5.75 Å². The highest BCUT2D eigenvalue weighted by Gasteiger charge is 2.22. The lowest BCUT2D eigenvalue weighted by Crippen LogP contribution is -2.45. The highest BCUT2D eigenvalue weighted by molar-refractivity contribution is 8.13. The van der Waals surface area contributed by atoms with Crippen molar-refractivity contribution in [2.45, 2.75) is 25.8 Å². The van der Waals surface area contributed by atoms with Gasteiger partial charge < -0.3 is 15.8 Å². The minimum atomic E-state index is -0.863. The molecule has 2 aromatic rings. The molecule has 0 spiro atoms. The number of hydrogen-bond donors (Lipinski definition) is 2. The summed E-state index contributed by atoms with van der Waals surface area (Å²) >= 11 is 0.995. The van der Waals surface area contributed by atoms with Crippen molar-refractivity contribution in [2.75, 3.05) is 12.9 Å². The Balaban J connectivity index is 2.08. The molecule has 0 aliphatic heterocycles. The minimum Gasteiger partial charge on any atom is -0.497 e. The molecular weight excluding hydrogens is 352 g/mol. The maximum absolute atomic E-state index is 12.5. The molecule has 2 aromatic carbocycles. The Labute approximate surface area is 156 Å². The van der Waals surface area contributed by atoms with Crippen molar-refractivity contribution in [1.29, 1.82) is 0 Å². The lowest BCUT2D eigenvalue weighted by Gasteiger charge is -2.16. The van der Waals surface area contributed by atoms with Crippen LogP contribution in [0.1, 0.15) is 25.3 Å². The number of benzene rings is 2. The number of nitrogens with two attached hydrogens (primary N) is 1. The molecular formula is C19H22N2O4S. The Morgan fingerprint density at radius 2 is 1.81 bits per heavy atom. The lowest BCUT2D eigenvalue weighted by atomic mass is 9.99. The summed E-state index contributed by atoms with van der Waals surface area (Å²) in [6.45, 7) is 3.12. The number of nitrogens with one attached hydrogen (secondary N) is 1. The van der Waals surface area contributed by atoms with Crippen molar-refractivity contribution in [3.05, 3.63) is 42.0 Å². The molecule has 0 unspecified atom stereocenters. The summed E-state index contributed by atoms with van der Waals surface area (Å²) in [5.41, 5.74) is 6.14. The lowest BCUT2D eigenvalue weighted by molar-refractivity contribution is -0.125. The number of carbonyl (C=O) groups excluding carboxylic acids is 3. The van der Waals surface area contributed by atoms with E-state index in [-0.39, 0.29) is 22.7 Å². The average molecular weight is 374 g/mol. The van der Waals surface area contributed by atoms with Gasteiger partial charge in [0, 0.05) is 12.7 Å². The number of carbonyl (C=O) groups is 3. The molecule has 6 nitrogen and oxygen atoms in total.